The standard InChI is InChI=1S/C11H10ClN5S/c1-7-3-4-8(2)16(7)10-14-15-11(18-10)17-9(12)5-6-13-17/h3-6H,1-2H3. The zero-order valence-electron chi connectivity index (χ0n) is 9.83. The van der Waals surface area contributed by atoms with E-state index in [1.807, 2.05) is 13.8 Å². The lowest BCUT2D eigenvalue weighted by Crippen LogP contribution is -1.97. The van der Waals surface area contributed by atoms with Gasteiger partial charge in [0.2, 0.25) is 10.3 Å². The topological polar surface area (TPSA) is 48.5 Å². The summed E-state index contributed by atoms with van der Waals surface area (Å²) in [6.45, 7) is 4.07. The molecule has 0 aromatic carbocycles. The Morgan fingerprint density at radius 2 is 1.72 bits per heavy atom. The summed E-state index contributed by atoms with van der Waals surface area (Å²) in [4.78, 5) is 0. The Kier molecular flexibility index (Phi) is 2.68. The molecule has 0 aliphatic heterocycles. The van der Waals surface area contributed by atoms with Crippen molar-refractivity contribution in [2.75, 3.05) is 0 Å². The van der Waals surface area contributed by atoms with Gasteiger partial charge in [0.1, 0.15) is 5.15 Å². The second-order valence-electron chi connectivity index (χ2n) is 3.88. The van der Waals surface area contributed by atoms with Crippen molar-refractivity contribution in [2.24, 2.45) is 0 Å². The van der Waals surface area contributed by atoms with Crippen molar-refractivity contribution in [1.82, 2.24) is 24.5 Å². The number of hydrogen-bond donors (Lipinski definition) is 0. The van der Waals surface area contributed by atoms with Crippen LogP contribution in [-0.4, -0.2) is 24.5 Å². The Morgan fingerprint density at radius 3 is 2.33 bits per heavy atom. The maximum atomic E-state index is 6.00. The molecule has 0 unspecified atom stereocenters. The molecule has 0 saturated heterocycles. The van der Waals surface area contributed by atoms with Gasteiger partial charge in [0, 0.05) is 11.4 Å². The van der Waals surface area contributed by atoms with Crippen molar-refractivity contribution < 1.29 is 0 Å². The number of halogens is 1. The molecule has 3 aromatic rings. The molecule has 3 aromatic heterocycles. The minimum atomic E-state index is 0.527. The summed E-state index contributed by atoms with van der Waals surface area (Å²) >= 11 is 7.45. The fourth-order valence-corrected chi connectivity index (χ4v) is 2.95. The first-order valence-electron chi connectivity index (χ1n) is 5.35. The van der Waals surface area contributed by atoms with Gasteiger partial charge < -0.3 is 0 Å². The predicted molar refractivity (Wildman–Crippen MR) is 70.8 cm³/mol. The smallest absolute Gasteiger partial charge is 0.235 e. The van der Waals surface area contributed by atoms with Crippen LogP contribution < -0.4 is 0 Å². The second-order valence-corrected chi connectivity index (χ2v) is 5.21. The van der Waals surface area contributed by atoms with E-state index in [2.05, 4.69) is 32.0 Å². The SMILES string of the molecule is Cc1ccc(C)n1-c1nnc(-n2nccc2Cl)s1. The third-order valence-electron chi connectivity index (χ3n) is 2.64. The van der Waals surface area contributed by atoms with Crippen LogP contribution in [0.15, 0.2) is 24.4 Å². The lowest BCUT2D eigenvalue weighted by atomic mass is 10.5. The van der Waals surface area contributed by atoms with Crippen molar-refractivity contribution in [3.05, 3.63) is 40.9 Å². The highest BCUT2D eigenvalue weighted by Crippen LogP contribution is 2.23. The van der Waals surface area contributed by atoms with Crippen molar-refractivity contribution in [3.8, 4) is 10.3 Å². The summed E-state index contributed by atoms with van der Waals surface area (Å²) in [6.07, 6.45) is 1.63. The maximum Gasteiger partial charge on any atom is 0.235 e. The van der Waals surface area contributed by atoms with Gasteiger partial charge in [-0.25, -0.2) is 0 Å². The number of aryl methyl sites for hydroxylation is 2. The average molecular weight is 280 g/mol. The molecule has 0 bridgehead atoms. The van der Waals surface area contributed by atoms with E-state index in [-0.39, 0.29) is 0 Å². The number of nitrogens with zero attached hydrogens (tertiary/aromatic N) is 5. The minimum Gasteiger partial charge on any atom is -0.293 e. The van der Waals surface area contributed by atoms with E-state index in [1.165, 1.54) is 11.3 Å². The zero-order chi connectivity index (χ0) is 12.7. The molecule has 0 saturated carbocycles. The normalized spacial score (nSPS) is 11.1. The summed E-state index contributed by atoms with van der Waals surface area (Å²) < 4.78 is 3.62. The van der Waals surface area contributed by atoms with Crippen molar-refractivity contribution in [3.63, 3.8) is 0 Å². The average Bonchev–Trinajstić information content (AvgIpc) is 3.00. The molecule has 0 N–H and O–H groups in total. The van der Waals surface area contributed by atoms with Crippen LogP contribution in [0.4, 0.5) is 0 Å². The van der Waals surface area contributed by atoms with Crippen LogP contribution >= 0.6 is 22.9 Å². The second kappa shape index (κ2) is 4.22. The van der Waals surface area contributed by atoms with E-state index in [9.17, 15) is 0 Å². The molecule has 0 amide bonds. The predicted octanol–water partition coefficient (Wildman–Crippen LogP) is 2.78. The molecule has 18 heavy (non-hydrogen) atoms. The van der Waals surface area contributed by atoms with Crippen LogP contribution in [0.3, 0.4) is 0 Å². The van der Waals surface area contributed by atoms with Crippen LogP contribution in [0.2, 0.25) is 5.15 Å². The highest BCUT2D eigenvalue weighted by Gasteiger charge is 2.13. The lowest BCUT2D eigenvalue weighted by Gasteiger charge is -2.02. The van der Waals surface area contributed by atoms with Gasteiger partial charge in [0.15, 0.2) is 0 Å². The van der Waals surface area contributed by atoms with Crippen LogP contribution in [0.25, 0.3) is 10.3 Å². The first-order valence-corrected chi connectivity index (χ1v) is 6.55. The minimum absolute atomic E-state index is 0.527. The Labute approximate surface area is 113 Å². The molecule has 3 rings (SSSR count). The number of rotatable bonds is 2. The van der Waals surface area contributed by atoms with Crippen LogP contribution in [-0.2, 0) is 0 Å². The molecule has 5 nitrogen and oxygen atoms in total. The third-order valence-corrected chi connectivity index (χ3v) is 3.81. The first kappa shape index (κ1) is 11.4. The molecule has 0 aliphatic carbocycles. The van der Waals surface area contributed by atoms with Crippen molar-refractivity contribution in [2.45, 2.75) is 13.8 Å². The quantitative estimate of drug-likeness (QED) is 0.725. The summed E-state index contributed by atoms with van der Waals surface area (Å²) in [6, 6.07) is 5.82. The van der Waals surface area contributed by atoms with Crippen LogP contribution in [0, 0.1) is 13.8 Å². The Morgan fingerprint density at radius 1 is 1.06 bits per heavy atom. The first-order chi connectivity index (χ1) is 8.66. The van der Waals surface area contributed by atoms with Gasteiger partial charge in [-0.1, -0.05) is 22.9 Å². The molecule has 0 atom stereocenters. The summed E-state index contributed by atoms with van der Waals surface area (Å²) in [5.41, 5.74) is 2.25. The van der Waals surface area contributed by atoms with Gasteiger partial charge in [-0.15, -0.1) is 10.2 Å². The van der Waals surface area contributed by atoms with E-state index in [0.29, 0.717) is 10.3 Å². The van der Waals surface area contributed by atoms with Gasteiger partial charge in [-0.2, -0.15) is 9.78 Å². The molecule has 0 spiro atoms. The highest BCUT2D eigenvalue weighted by molar-refractivity contribution is 7.16. The molecule has 0 radical (unpaired) electrons. The monoisotopic (exact) mass is 279 g/mol. The number of hydrogen-bond acceptors (Lipinski definition) is 4. The van der Waals surface area contributed by atoms with Crippen molar-refractivity contribution in [1.29, 1.82) is 0 Å². The molecular weight excluding hydrogens is 270 g/mol. The largest absolute Gasteiger partial charge is 0.293 e. The molecule has 3 heterocycles. The maximum absolute atomic E-state index is 6.00. The van der Waals surface area contributed by atoms with Crippen LogP contribution in [0.5, 0.6) is 0 Å². The van der Waals surface area contributed by atoms with Gasteiger partial charge in [-0.05, 0) is 32.0 Å². The van der Waals surface area contributed by atoms with Gasteiger partial charge in [0.05, 0.1) is 6.20 Å². The third kappa shape index (κ3) is 1.74. The summed E-state index contributed by atoms with van der Waals surface area (Å²) in [5.74, 6) is 0. The Bertz CT molecular complexity index is 676. The van der Waals surface area contributed by atoms with Crippen molar-refractivity contribution >= 4 is 22.9 Å². The van der Waals surface area contributed by atoms with Gasteiger partial charge in [0.25, 0.3) is 0 Å². The van der Waals surface area contributed by atoms with E-state index in [0.717, 1.165) is 16.5 Å². The van der Waals surface area contributed by atoms with E-state index < -0.39 is 0 Å². The highest BCUT2D eigenvalue weighted by atomic mass is 35.5. The summed E-state index contributed by atoms with van der Waals surface area (Å²) in [5, 5.41) is 14.4. The molecule has 0 aliphatic rings. The zero-order valence-corrected chi connectivity index (χ0v) is 11.4. The fourth-order valence-electron chi connectivity index (χ4n) is 1.78. The lowest BCUT2D eigenvalue weighted by molar-refractivity contribution is 0.837. The van der Waals surface area contributed by atoms with E-state index in [1.54, 1.807) is 16.9 Å². The number of aromatic nitrogens is 5. The van der Waals surface area contributed by atoms with E-state index >= 15 is 0 Å². The van der Waals surface area contributed by atoms with Crippen LogP contribution in [0.1, 0.15) is 11.4 Å². The molecular formula is C11H10ClN5S. The summed E-state index contributed by atoms with van der Waals surface area (Å²) in [7, 11) is 0. The molecule has 0 fully saturated rings. The van der Waals surface area contributed by atoms with E-state index in [4.69, 9.17) is 11.6 Å². The molecule has 7 heteroatoms. The van der Waals surface area contributed by atoms with Gasteiger partial charge in [-0.3, -0.25) is 4.57 Å². The Hall–Kier alpha value is -1.66. The Balaban J connectivity index is 2.08. The fraction of sp³-hybridized carbons (Fsp3) is 0.182. The molecule has 92 valence electrons. The van der Waals surface area contributed by atoms with Gasteiger partial charge >= 0.3 is 0 Å².